The molecule has 6 nitrogen and oxygen atoms in total. The number of aromatic nitrogens is 2. The van der Waals surface area contributed by atoms with E-state index in [-0.39, 0.29) is 0 Å². The molecule has 0 unspecified atom stereocenters. The minimum atomic E-state index is 0.632. The van der Waals surface area contributed by atoms with Gasteiger partial charge in [0.15, 0.2) is 5.82 Å². The molecule has 1 N–H and O–H groups in total. The lowest BCUT2D eigenvalue weighted by atomic mass is 10.2. The van der Waals surface area contributed by atoms with E-state index in [0.717, 1.165) is 15.9 Å². The Bertz CT molecular complexity index is 625. The minimum Gasteiger partial charge on any atom is -0.363 e. The fraction of sp³-hybridized carbons (Fsp3) is 0.267. The Labute approximate surface area is 139 Å². The zero-order valence-electron chi connectivity index (χ0n) is 13.1. The van der Waals surface area contributed by atoms with E-state index in [1.807, 2.05) is 68.3 Å². The third-order valence-corrected chi connectivity index (χ3v) is 3.35. The summed E-state index contributed by atoms with van der Waals surface area (Å²) < 4.78 is 1.04. The van der Waals surface area contributed by atoms with Crippen LogP contribution >= 0.6 is 15.9 Å². The Balaban J connectivity index is 2.16. The van der Waals surface area contributed by atoms with Crippen LogP contribution in [0.25, 0.3) is 0 Å². The van der Waals surface area contributed by atoms with Crippen molar-refractivity contribution in [1.82, 2.24) is 9.97 Å². The quantitative estimate of drug-likeness (QED) is 0.654. The van der Waals surface area contributed by atoms with Crippen molar-refractivity contribution in [3.63, 3.8) is 0 Å². The highest BCUT2D eigenvalue weighted by Gasteiger charge is 2.07. The maximum atomic E-state index is 4.45. The molecule has 0 aliphatic carbocycles. The van der Waals surface area contributed by atoms with E-state index < -0.39 is 0 Å². The molecule has 7 heteroatoms. The lowest BCUT2D eigenvalue weighted by molar-refractivity contribution is 0.966. The van der Waals surface area contributed by atoms with Crippen molar-refractivity contribution in [2.75, 3.05) is 43.4 Å². The molecular weight excluding hydrogens is 344 g/mol. The van der Waals surface area contributed by atoms with Gasteiger partial charge < -0.3 is 9.80 Å². The molecule has 0 spiro atoms. The molecule has 0 bridgehead atoms. The van der Waals surface area contributed by atoms with Gasteiger partial charge in [0.1, 0.15) is 5.82 Å². The SMILES string of the molecule is CN(C)c1cc(N/N=C/c2ccc(Br)cc2)nc(N(C)C)n1. The smallest absolute Gasteiger partial charge is 0.228 e. The second-order valence-electron chi connectivity index (χ2n) is 5.12. The molecule has 0 atom stereocenters. The van der Waals surface area contributed by atoms with E-state index in [0.29, 0.717) is 11.8 Å². The molecule has 0 aliphatic rings. The first kappa shape index (κ1) is 16.2. The first-order valence-electron chi connectivity index (χ1n) is 6.74. The Hall–Kier alpha value is -2.15. The van der Waals surface area contributed by atoms with Gasteiger partial charge >= 0.3 is 0 Å². The van der Waals surface area contributed by atoms with Crippen molar-refractivity contribution >= 4 is 39.7 Å². The van der Waals surface area contributed by atoms with Crippen molar-refractivity contribution < 1.29 is 0 Å². The van der Waals surface area contributed by atoms with Crippen LogP contribution in [-0.4, -0.2) is 44.4 Å². The predicted octanol–water partition coefficient (Wildman–Crippen LogP) is 2.82. The molecule has 0 fully saturated rings. The number of anilines is 3. The van der Waals surface area contributed by atoms with Gasteiger partial charge in [0.2, 0.25) is 5.95 Å². The summed E-state index contributed by atoms with van der Waals surface area (Å²) in [5.74, 6) is 2.10. The maximum absolute atomic E-state index is 4.45. The van der Waals surface area contributed by atoms with Crippen molar-refractivity contribution in [2.45, 2.75) is 0 Å². The second-order valence-corrected chi connectivity index (χ2v) is 6.04. The first-order chi connectivity index (χ1) is 10.5. The first-order valence-corrected chi connectivity index (χ1v) is 7.53. The average molecular weight is 363 g/mol. The zero-order valence-corrected chi connectivity index (χ0v) is 14.7. The van der Waals surface area contributed by atoms with Crippen LogP contribution in [0.5, 0.6) is 0 Å². The third-order valence-electron chi connectivity index (χ3n) is 2.82. The van der Waals surface area contributed by atoms with Crippen LogP contribution in [0.3, 0.4) is 0 Å². The topological polar surface area (TPSA) is 56.6 Å². The zero-order chi connectivity index (χ0) is 16.1. The molecule has 22 heavy (non-hydrogen) atoms. The molecule has 0 radical (unpaired) electrons. The van der Waals surface area contributed by atoms with Crippen molar-refractivity contribution in [3.05, 3.63) is 40.4 Å². The Morgan fingerprint density at radius 3 is 2.32 bits per heavy atom. The summed E-state index contributed by atoms with van der Waals surface area (Å²) in [7, 11) is 7.70. The van der Waals surface area contributed by atoms with E-state index >= 15 is 0 Å². The largest absolute Gasteiger partial charge is 0.363 e. The number of rotatable bonds is 5. The lowest BCUT2D eigenvalue weighted by Crippen LogP contribution is -2.17. The van der Waals surface area contributed by atoms with Gasteiger partial charge in [-0.05, 0) is 17.7 Å². The fourth-order valence-electron chi connectivity index (χ4n) is 1.63. The number of nitrogens with one attached hydrogen (secondary N) is 1. The summed E-state index contributed by atoms with van der Waals surface area (Å²) in [6.45, 7) is 0. The average Bonchev–Trinajstić information content (AvgIpc) is 2.49. The van der Waals surface area contributed by atoms with Gasteiger partial charge in [-0.25, -0.2) is 0 Å². The molecule has 0 aliphatic heterocycles. The number of hydrogen-bond donors (Lipinski definition) is 1. The summed E-state index contributed by atoms with van der Waals surface area (Å²) >= 11 is 3.41. The fourth-order valence-corrected chi connectivity index (χ4v) is 1.89. The highest BCUT2D eigenvalue weighted by Crippen LogP contribution is 2.17. The van der Waals surface area contributed by atoms with Crippen LogP contribution in [0.4, 0.5) is 17.6 Å². The summed E-state index contributed by atoms with van der Waals surface area (Å²) in [6.07, 6.45) is 1.75. The highest BCUT2D eigenvalue weighted by atomic mass is 79.9. The van der Waals surface area contributed by atoms with Gasteiger partial charge in [0.05, 0.1) is 6.21 Å². The van der Waals surface area contributed by atoms with Gasteiger partial charge in [-0.2, -0.15) is 15.1 Å². The van der Waals surface area contributed by atoms with Gasteiger partial charge in [0.25, 0.3) is 0 Å². The van der Waals surface area contributed by atoms with Crippen molar-refractivity contribution in [2.24, 2.45) is 5.10 Å². The number of benzene rings is 1. The molecule has 0 saturated heterocycles. The van der Waals surface area contributed by atoms with Crippen LogP contribution in [-0.2, 0) is 0 Å². The molecule has 1 aromatic heterocycles. The monoisotopic (exact) mass is 362 g/mol. The number of hydrazone groups is 1. The van der Waals surface area contributed by atoms with Gasteiger partial charge in [-0.15, -0.1) is 0 Å². The number of hydrogen-bond acceptors (Lipinski definition) is 6. The molecule has 2 aromatic rings. The Morgan fingerprint density at radius 1 is 1.05 bits per heavy atom. The summed E-state index contributed by atoms with van der Waals surface area (Å²) in [5.41, 5.74) is 3.96. The van der Waals surface area contributed by atoms with Crippen molar-refractivity contribution in [3.8, 4) is 0 Å². The molecule has 2 rings (SSSR count). The molecular formula is C15H19BrN6. The second kappa shape index (κ2) is 7.22. The van der Waals surface area contributed by atoms with Crippen LogP contribution in [0.2, 0.25) is 0 Å². The van der Waals surface area contributed by atoms with E-state index in [2.05, 4.69) is 36.4 Å². The van der Waals surface area contributed by atoms with Gasteiger partial charge in [0, 0.05) is 38.7 Å². The Kier molecular flexibility index (Phi) is 5.32. The summed E-state index contributed by atoms with van der Waals surface area (Å²) in [5, 5.41) is 4.22. The van der Waals surface area contributed by atoms with Crippen LogP contribution < -0.4 is 15.2 Å². The molecule has 116 valence electrons. The van der Waals surface area contributed by atoms with Crippen molar-refractivity contribution in [1.29, 1.82) is 0 Å². The van der Waals surface area contributed by atoms with Crippen LogP contribution in [0.1, 0.15) is 5.56 Å². The van der Waals surface area contributed by atoms with E-state index in [4.69, 9.17) is 0 Å². The molecule has 1 aromatic carbocycles. The normalized spacial score (nSPS) is 10.8. The molecule has 0 saturated carbocycles. The molecule has 1 heterocycles. The molecule has 0 amide bonds. The third kappa shape index (κ3) is 4.42. The van der Waals surface area contributed by atoms with E-state index in [9.17, 15) is 0 Å². The van der Waals surface area contributed by atoms with E-state index in [1.54, 1.807) is 6.21 Å². The Morgan fingerprint density at radius 2 is 1.73 bits per heavy atom. The van der Waals surface area contributed by atoms with E-state index in [1.165, 1.54) is 0 Å². The van der Waals surface area contributed by atoms with Crippen LogP contribution in [0, 0.1) is 0 Å². The maximum Gasteiger partial charge on any atom is 0.228 e. The predicted molar refractivity (Wildman–Crippen MR) is 96.0 cm³/mol. The summed E-state index contributed by atoms with van der Waals surface area (Å²) in [4.78, 5) is 12.7. The highest BCUT2D eigenvalue weighted by molar-refractivity contribution is 9.10. The van der Waals surface area contributed by atoms with Gasteiger partial charge in [-0.1, -0.05) is 28.1 Å². The van der Waals surface area contributed by atoms with Gasteiger partial charge in [-0.3, -0.25) is 5.43 Å². The van der Waals surface area contributed by atoms with Crippen LogP contribution in [0.15, 0.2) is 39.9 Å². The summed E-state index contributed by atoms with van der Waals surface area (Å²) in [6, 6.07) is 9.75. The number of halogens is 1. The standard InChI is InChI=1S/C15H19BrN6/c1-21(2)14-9-13(18-15(19-14)22(3)4)20-17-10-11-5-7-12(16)8-6-11/h5-10H,1-4H3,(H,18,19,20)/b17-10+. The number of nitrogens with zero attached hydrogens (tertiary/aromatic N) is 5. The lowest BCUT2D eigenvalue weighted by Gasteiger charge is -2.16. The minimum absolute atomic E-state index is 0.632.